The maximum atomic E-state index is 13.3. The largest absolute Gasteiger partial charge is 0.394 e. The van der Waals surface area contributed by atoms with Gasteiger partial charge in [0.15, 0.2) is 62.9 Å². The SMILES string of the molecule is CC(=O)N[C@@H]1[C@@H](O)[C@H](O[C@@H]2O[C@H](CO)[C@@H](O[C@@H]3O[C@H](CO[C@H]4O[C@H](CO)[C@@H](O)[C@H](O)[C@@H]4O[C@@H]4O[C@H](CO)[C@@H](O[C@@H]5O[C@H](CO)[C@H](O)[C@H](O[C@H]6O[C@H](CO)[C@H](O)[C@H](O)[C@H]6O)[C@H]5O)[C@H](O)[C@H]4NC(C)=O)[C@@H](O[C@@H]4O[C@H](CO)[C@@H](O)[C@H](O)[C@H]4NC(C)=O)[C@H](O[C@H]4O[C@H](CO)[C@@H](O)[C@H](O)[C@@H]4O[C@@H]4O[C@H](CO)[C@@H](O)[C@H](O)[C@H]4NC(C)=O)[C@@H]3O)[C@H](O)[C@H]2NC(C)=O)[C@@H](CO)O[C@H]1O. The Morgan fingerprint density at radius 2 is 0.452 bits per heavy atom. The summed E-state index contributed by atoms with van der Waals surface area (Å²) >= 11 is 0. The first kappa shape index (κ1) is 104. The molecule has 0 saturated carbocycles. The van der Waals surface area contributed by atoms with Crippen molar-refractivity contribution in [3.05, 3.63) is 0 Å². The van der Waals surface area contributed by atoms with Crippen LogP contribution in [0, 0.1) is 0 Å². The molecule has 0 aromatic heterocycles. The van der Waals surface area contributed by atoms with E-state index in [-0.39, 0.29) is 0 Å². The summed E-state index contributed by atoms with van der Waals surface area (Å²) in [5, 5.41) is 315. The maximum Gasteiger partial charge on any atom is 0.217 e. The molecule has 0 bridgehead atoms. The van der Waals surface area contributed by atoms with E-state index in [2.05, 4.69) is 26.6 Å². The van der Waals surface area contributed by atoms with Crippen LogP contribution in [0.15, 0.2) is 0 Å². The zero-order chi connectivity index (χ0) is 92.8. The number of carbonyl (C=O) groups is 5. The van der Waals surface area contributed by atoms with Gasteiger partial charge < -0.3 is 254 Å². The van der Waals surface area contributed by atoms with Crippen molar-refractivity contribution >= 4 is 29.5 Å². The van der Waals surface area contributed by atoms with Gasteiger partial charge in [-0.2, -0.15) is 0 Å². The molecule has 10 saturated heterocycles. The summed E-state index contributed by atoms with van der Waals surface area (Å²) in [5.74, 6) is -4.76. The highest BCUT2D eigenvalue weighted by Gasteiger charge is 2.63. The molecule has 728 valence electrons. The quantitative estimate of drug-likeness (QED) is 0.0290. The summed E-state index contributed by atoms with van der Waals surface area (Å²) in [6.07, 6.45) is -97.7. The van der Waals surface area contributed by atoms with Crippen molar-refractivity contribution in [3.8, 4) is 0 Å². The van der Waals surface area contributed by atoms with Crippen molar-refractivity contribution in [2.75, 3.05) is 66.1 Å². The number of aliphatic hydroxyl groups excluding tert-OH is 27. The van der Waals surface area contributed by atoms with Gasteiger partial charge in [0.1, 0.15) is 244 Å². The molecule has 56 nitrogen and oxygen atoms in total. The van der Waals surface area contributed by atoms with Crippen molar-refractivity contribution in [2.45, 2.75) is 341 Å². The first-order valence-electron chi connectivity index (χ1n) is 40.1. The lowest BCUT2D eigenvalue weighted by molar-refractivity contribution is -0.407. The van der Waals surface area contributed by atoms with Gasteiger partial charge in [-0.25, -0.2) is 0 Å². The van der Waals surface area contributed by atoms with Crippen molar-refractivity contribution in [1.82, 2.24) is 26.6 Å². The maximum absolute atomic E-state index is 13.3. The van der Waals surface area contributed by atoms with Crippen LogP contribution >= 0.6 is 0 Å². The summed E-state index contributed by atoms with van der Waals surface area (Å²) in [7, 11) is 0. The van der Waals surface area contributed by atoms with Gasteiger partial charge in [-0.05, 0) is 0 Å². The van der Waals surface area contributed by atoms with E-state index in [0.29, 0.717) is 0 Å². The van der Waals surface area contributed by atoms with Gasteiger partial charge in [0.2, 0.25) is 29.5 Å². The molecule has 10 fully saturated rings. The van der Waals surface area contributed by atoms with Gasteiger partial charge in [-0.15, -0.1) is 0 Å². The van der Waals surface area contributed by atoms with Gasteiger partial charge in [0, 0.05) is 34.6 Å². The number of ether oxygens (including phenoxy) is 19. The van der Waals surface area contributed by atoms with E-state index < -0.39 is 402 Å². The third-order valence-corrected chi connectivity index (χ3v) is 22.9. The highest BCUT2D eigenvalue weighted by Crippen LogP contribution is 2.42. The van der Waals surface area contributed by atoms with Gasteiger partial charge in [0.05, 0.1) is 66.1 Å². The zero-order valence-electron chi connectivity index (χ0n) is 67.8. The smallest absolute Gasteiger partial charge is 0.217 e. The van der Waals surface area contributed by atoms with E-state index >= 15 is 0 Å². The van der Waals surface area contributed by atoms with Gasteiger partial charge in [-0.3, -0.25) is 24.0 Å². The second-order valence-electron chi connectivity index (χ2n) is 31.7. The van der Waals surface area contributed by atoms with Crippen LogP contribution in [0.4, 0.5) is 0 Å². The fourth-order valence-corrected chi connectivity index (χ4v) is 16.3. The number of rotatable bonds is 33. The third-order valence-electron chi connectivity index (χ3n) is 22.9. The van der Waals surface area contributed by atoms with E-state index in [1.807, 2.05) is 0 Å². The predicted octanol–water partition coefficient (Wildman–Crippen LogP) is -22.1. The van der Waals surface area contributed by atoms with E-state index in [0.717, 1.165) is 34.6 Å². The highest BCUT2D eigenvalue weighted by molar-refractivity contribution is 5.75. The first-order chi connectivity index (χ1) is 59.6. The molecule has 50 atom stereocenters. The van der Waals surface area contributed by atoms with Crippen LogP contribution in [0.2, 0.25) is 0 Å². The van der Waals surface area contributed by atoms with Crippen molar-refractivity contribution < 1.29 is 252 Å². The molecule has 0 radical (unpaired) electrons. The van der Waals surface area contributed by atoms with E-state index in [1.54, 1.807) is 0 Å². The molecular weight excluding hydrogens is 1730 g/mol. The number of carbonyl (C=O) groups excluding carboxylic acids is 5. The first-order valence-corrected chi connectivity index (χ1v) is 40.1. The Hall–Kier alpha value is -4.49. The predicted molar refractivity (Wildman–Crippen MR) is 388 cm³/mol. The number of hydrogen-bond acceptors (Lipinski definition) is 51. The van der Waals surface area contributed by atoms with Crippen LogP contribution < -0.4 is 26.6 Å². The van der Waals surface area contributed by atoms with E-state index in [4.69, 9.17) is 90.0 Å². The molecule has 126 heavy (non-hydrogen) atoms. The molecule has 10 rings (SSSR count). The van der Waals surface area contributed by atoms with Gasteiger partial charge in [-0.1, -0.05) is 0 Å². The van der Waals surface area contributed by atoms with Crippen LogP contribution in [-0.4, -0.2) is 540 Å². The van der Waals surface area contributed by atoms with Crippen LogP contribution in [-0.2, 0) is 114 Å². The lowest BCUT2D eigenvalue weighted by Crippen LogP contribution is -2.71. The van der Waals surface area contributed by atoms with Crippen molar-refractivity contribution in [3.63, 3.8) is 0 Å². The fraction of sp³-hybridized carbons (Fsp3) is 0.929. The minimum Gasteiger partial charge on any atom is -0.394 e. The van der Waals surface area contributed by atoms with Gasteiger partial charge in [0.25, 0.3) is 0 Å². The second-order valence-corrected chi connectivity index (χ2v) is 31.7. The lowest BCUT2D eigenvalue weighted by Gasteiger charge is -2.52. The normalized spacial score (nSPS) is 48.4. The zero-order valence-corrected chi connectivity index (χ0v) is 67.8. The van der Waals surface area contributed by atoms with E-state index in [9.17, 15) is 162 Å². The summed E-state index contributed by atoms with van der Waals surface area (Å²) in [5.41, 5.74) is 0. The minimum absolute atomic E-state index is 0.819. The molecule has 5 amide bonds. The Kier molecular flexibility index (Phi) is 37.4. The van der Waals surface area contributed by atoms with Crippen LogP contribution in [0.25, 0.3) is 0 Å². The Bertz CT molecular complexity index is 3440. The number of hydrogen-bond donors (Lipinski definition) is 32. The molecule has 10 aliphatic heterocycles. The molecular formula is C70H117N5O51. The molecule has 10 heterocycles. The molecule has 0 spiro atoms. The second kappa shape index (κ2) is 45.5. The molecule has 0 aromatic carbocycles. The number of nitrogens with one attached hydrogen (secondary N) is 5. The molecule has 56 heteroatoms. The Balaban J connectivity index is 1.06. The average Bonchev–Trinajstić information content (AvgIpc) is 0.757. The molecule has 0 unspecified atom stereocenters. The fourth-order valence-electron chi connectivity index (χ4n) is 16.3. The summed E-state index contributed by atoms with van der Waals surface area (Å²) < 4.78 is 115. The summed E-state index contributed by atoms with van der Waals surface area (Å²) in [6, 6.07) is -9.69. The van der Waals surface area contributed by atoms with Crippen molar-refractivity contribution in [2.24, 2.45) is 0 Å². The summed E-state index contributed by atoms with van der Waals surface area (Å²) in [4.78, 5) is 64.6. The van der Waals surface area contributed by atoms with E-state index in [1.165, 1.54) is 0 Å². The molecule has 0 aliphatic carbocycles. The Morgan fingerprint density at radius 1 is 0.206 bits per heavy atom. The lowest BCUT2D eigenvalue weighted by atomic mass is 9.93. The molecule has 10 aliphatic rings. The minimum atomic E-state index is -2.74. The standard InChI is InChI=1S/C70H117N5O51/c1-16(85)71-31-44(98)53(27(12-82)109-61(31)107)119-64-34(74-19(4)88)45(99)55(28(13-83)116-64)121-68-52(106)58(124-70-60(49(103)40(94)25(10-80)115-70)126-63-33(73-18(3)87)43(97)37(91)22(7-77)111-63)56(122-62-32(72-17(2)86)42(96)36(90)21(6-76)110-62)30(118-68)15-108-69-59(48(102)39(93)24(9-79)114-69)125-65-35(75-20(5)89)46(100)54(29(14-84)117-65)120-67-51(105)57(41(95)26(11-81)113-67)123-66-50(104)47(101)38(92)23(8-78)112-66/h21-70,76-84,90-107H,6-15H2,1-5H3,(H,71,85)(H,72,86)(H,73,87)(H,74,88)(H,75,89)/t21-,22-,23-,24-,25-,26-,27-,28-,29-,30-,31-,32-,33-,34-,35-,36-,37-,38+,39-,40-,41+,42-,43-,44-,45-,46-,47+,48+,49+,50-,51-,52+,53-,54-,55-,56-,57+,58-,59+,60+,61-,62+,63+,64+,65+,66-,67+,68+,69+,70-/m1/s1. The molecule has 0 aromatic rings. The molecule has 32 N–H and O–H groups in total. The number of aliphatic hydroxyl groups is 27. The Labute approximate surface area is 713 Å². The Morgan fingerprint density at radius 3 is 0.841 bits per heavy atom. The van der Waals surface area contributed by atoms with Gasteiger partial charge >= 0.3 is 0 Å². The van der Waals surface area contributed by atoms with Crippen molar-refractivity contribution in [1.29, 1.82) is 0 Å². The summed E-state index contributed by atoms with van der Waals surface area (Å²) in [6.45, 7) is -7.04. The monoisotopic (exact) mass is 1840 g/mol. The highest BCUT2D eigenvalue weighted by atomic mass is 16.8. The third kappa shape index (κ3) is 22.9. The number of amides is 5. The average molecular weight is 1840 g/mol. The van der Waals surface area contributed by atoms with Crippen LogP contribution in [0.1, 0.15) is 34.6 Å². The van der Waals surface area contributed by atoms with Crippen LogP contribution in [0.3, 0.4) is 0 Å². The topological polar surface area (TPSA) is 867 Å². The van der Waals surface area contributed by atoms with Crippen LogP contribution in [0.5, 0.6) is 0 Å².